The number of carbonyl (C=O) groups is 1. The van der Waals surface area contributed by atoms with Crippen molar-refractivity contribution in [1.29, 1.82) is 0 Å². The van der Waals surface area contributed by atoms with Crippen molar-refractivity contribution >= 4 is 11.7 Å². The molecule has 0 saturated carbocycles. The number of rotatable bonds is 5. The summed E-state index contributed by atoms with van der Waals surface area (Å²) in [5, 5.41) is 11.6. The van der Waals surface area contributed by atoms with Crippen molar-refractivity contribution in [3.63, 3.8) is 0 Å². The van der Waals surface area contributed by atoms with E-state index in [4.69, 9.17) is 10.8 Å². The van der Waals surface area contributed by atoms with E-state index < -0.39 is 17.8 Å². The standard InChI is InChI=1S/C11H15FN2O2/c1-2-9(11(15)16)14-10-5-8(12)4-3-7(10)6-13/h3-5,9,14H,2,6,13H2,1H3,(H,15,16). The summed E-state index contributed by atoms with van der Waals surface area (Å²) in [6, 6.07) is 3.38. The molecule has 0 heterocycles. The largest absolute Gasteiger partial charge is 0.480 e. The molecule has 1 atom stereocenters. The highest BCUT2D eigenvalue weighted by Gasteiger charge is 2.15. The lowest BCUT2D eigenvalue weighted by Crippen LogP contribution is -2.29. The molecule has 0 bridgehead atoms. The van der Waals surface area contributed by atoms with Gasteiger partial charge in [0.1, 0.15) is 11.9 Å². The average Bonchev–Trinajstić information content (AvgIpc) is 2.25. The summed E-state index contributed by atoms with van der Waals surface area (Å²) in [5.74, 6) is -1.38. The Morgan fingerprint density at radius 1 is 1.62 bits per heavy atom. The van der Waals surface area contributed by atoms with Gasteiger partial charge < -0.3 is 16.2 Å². The monoisotopic (exact) mass is 226 g/mol. The SMILES string of the molecule is CCC(Nc1cc(F)ccc1CN)C(=O)O. The minimum atomic E-state index is -0.963. The lowest BCUT2D eigenvalue weighted by molar-refractivity contribution is -0.137. The Kier molecular flexibility index (Phi) is 4.25. The van der Waals surface area contributed by atoms with Gasteiger partial charge in [0.25, 0.3) is 0 Å². The zero-order valence-electron chi connectivity index (χ0n) is 9.03. The molecule has 0 fully saturated rings. The fourth-order valence-corrected chi connectivity index (χ4v) is 1.39. The van der Waals surface area contributed by atoms with E-state index in [1.807, 2.05) is 0 Å². The molecule has 88 valence electrons. The van der Waals surface area contributed by atoms with Crippen LogP contribution in [-0.2, 0) is 11.3 Å². The van der Waals surface area contributed by atoms with Gasteiger partial charge in [0.2, 0.25) is 0 Å². The molecule has 0 aromatic heterocycles. The highest BCUT2D eigenvalue weighted by Crippen LogP contribution is 2.18. The fraction of sp³-hybridized carbons (Fsp3) is 0.364. The predicted octanol–water partition coefficient (Wildman–Crippen LogP) is 1.56. The van der Waals surface area contributed by atoms with E-state index in [9.17, 15) is 9.18 Å². The number of halogens is 1. The lowest BCUT2D eigenvalue weighted by Gasteiger charge is -2.16. The zero-order chi connectivity index (χ0) is 12.1. The molecule has 0 spiro atoms. The number of nitrogens with two attached hydrogens (primary N) is 1. The minimum absolute atomic E-state index is 0.235. The van der Waals surface area contributed by atoms with E-state index in [0.29, 0.717) is 17.7 Å². The first-order chi connectivity index (χ1) is 7.58. The number of aliphatic carboxylic acids is 1. The van der Waals surface area contributed by atoms with E-state index in [1.54, 1.807) is 13.0 Å². The Morgan fingerprint density at radius 2 is 2.31 bits per heavy atom. The van der Waals surface area contributed by atoms with Crippen molar-refractivity contribution in [3.05, 3.63) is 29.6 Å². The van der Waals surface area contributed by atoms with Gasteiger partial charge in [-0.2, -0.15) is 0 Å². The number of anilines is 1. The quantitative estimate of drug-likeness (QED) is 0.712. The highest BCUT2D eigenvalue weighted by atomic mass is 19.1. The molecular weight excluding hydrogens is 211 g/mol. The first-order valence-corrected chi connectivity index (χ1v) is 5.06. The summed E-state index contributed by atoms with van der Waals surface area (Å²) in [6.45, 7) is 1.98. The molecule has 1 unspecified atom stereocenters. The summed E-state index contributed by atoms with van der Waals surface area (Å²) >= 11 is 0. The molecule has 0 aliphatic carbocycles. The maximum atomic E-state index is 13.0. The van der Waals surface area contributed by atoms with Gasteiger partial charge in [0.05, 0.1) is 0 Å². The molecule has 0 aliphatic heterocycles. The first kappa shape index (κ1) is 12.4. The molecule has 0 aliphatic rings. The van der Waals surface area contributed by atoms with Crippen LogP contribution in [0.15, 0.2) is 18.2 Å². The molecule has 1 rings (SSSR count). The van der Waals surface area contributed by atoms with Gasteiger partial charge in [-0.1, -0.05) is 13.0 Å². The third kappa shape index (κ3) is 2.93. The summed E-state index contributed by atoms with van der Waals surface area (Å²) in [5.41, 5.74) is 6.62. The number of hydrogen-bond acceptors (Lipinski definition) is 3. The number of hydrogen-bond donors (Lipinski definition) is 3. The van der Waals surface area contributed by atoms with E-state index in [2.05, 4.69) is 5.32 Å². The minimum Gasteiger partial charge on any atom is -0.480 e. The van der Waals surface area contributed by atoms with Crippen molar-refractivity contribution in [1.82, 2.24) is 0 Å². The molecule has 16 heavy (non-hydrogen) atoms. The molecule has 0 saturated heterocycles. The highest BCUT2D eigenvalue weighted by molar-refractivity contribution is 5.77. The van der Waals surface area contributed by atoms with Crippen molar-refractivity contribution in [2.45, 2.75) is 25.9 Å². The summed E-state index contributed by atoms with van der Waals surface area (Å²) in [4.78, 5) is 10.8. The van der Waals surface area contributed by atoms with Gasteiger partial charge in [-0.15, -0.1) is 0 Å². The normalized spacial score (nSPS) is 12.2. The second-order valence-electron chi connectivity index (χ2n) is 3.45. The Labute approximate surface area is 93.3 Å². The van der Waals surface area contributed by atoms with Gasteiger partial charge >= 0.3 is 5.97 Å². The maximum Gasteiger partial charge on any atom is 0.326 e. The Balaban J connectivity index is 2.93. The van der Waals surface area contributed by atoms with Gasteiger partial charge in [-0.05, 0) is 24.1 Å². The predicted molar refractivity (Wildman–Crippen MR) is 59.6 cm³/mol. The van der Waals surface area contributed by atoms with Crippen LogP contribution in [0.1, 0.15) is 18.9 Å². The van der Waals surface area contributed by atoms with Crippen LogP contribution in [0.2, 0.25) is 0 Å². The number of carboxylic acid groups (broad SMARTS) is 1. The third-order valence-electron chi connectivity index (χ3n) is 2.33. The van der Waals surface area contributed by atoms with E-state index >= 15 is 0 Å². The molecular formula is C11H15FN2O2. The molecule has 0 amide bonds. The molecule has 0 radical (unpaired) electrons. The summed E-state index contributed by atoms with van der Waals surface area (Å²) in [7, 11) is 0. The molecule has 4 nitrogen and oxygen atoms in total. The van der Waals surface area contributed by atoms with Crippen molar-refractivity contribution in [3.8, 4) is 0 Å². The van der Waals surface area contributed by atoms with Crippen molar-refractivity contribution in [2.24, 2.45) is 5.73 Å². The van der Waals surface area contributed by atoms with Crippen LogP contribution >= 0.6 is 0 Å². The average molecular weight is 226 g/mol. The Hall–Kier alpha value is -1.62. The molecule has 1 aromatic carbocycles. The Bertz CT molecular complexity index is 382. The topological polar surface area (TPSA) is 75.3 Å². The first-order valence-electron chi connectivity index (χ1n) is 5.06. The van der Waals surface area contributed by atoms with Gasteiger partial charge in [-0.25, -0.2) is 9.18 Å². The second-order valence-corrected chi connectivity index (χ2v) is 3.45. The molecule has 5 heteroatoms. The molecule has 4 N–H and O–H groups in total. The van der Waals surface area contributed by atoms with E-state index in [1.165, 1.54) is 12.1 Å². The maximum absolute atomic E-state index is 13.0. The number of carboxylic acids is 1. The summed E-state index contributed by atoms with van der Waals surface area (Å²) in [6.07, 6.45) is 0.413. The van der Waals surface area contributed by atoms with Crippen LogP contribution in [0.3, 0.4) is 0 Å². The van der Waals surface area contributed by atoms with Crippen LogP contribution in [0.5, 0.6) is 0 Å². The summed E-state index contributed by atoms with van der Waals surface area (Å²) < 4.78 is 13.0. The van der Waals surface area contributed by atoms with Crippen LogP contribution < -0.4 is 11.1 Å². The Morgan fingerprint density at radius 3 is 2.81 bits per heavy atom. The lowest BCUT2D eigenvalue weighted by atomic mass is 10.1. The van der Waals surface area contributed by atoms with Crippen LogP contribution in [0.25, 0.3) is 0 Å². The smallest absolute Gasteiger partial charge is 0.326 e. The number of benzene rings is 1. The van der Waals surface area contributed by atoms with Gasteiger partial charge in [-0.3, -0.25) is 0 Å². The molecule has 1 aromatic rings. The second kappa shape index (κ2) is 5.46. The third-order valence-corrected chi connectivity index (χ3v) is 2.33. The zero-order valence-corrected chi connectivity index (χ0v) is 9.03. The number of nitrogens with one attached hydrogen (secondary N) is 1. The van der Waals surface area contributed by atoms with Crippen molar-refractivity contribution in [2.75, 3.05) is 5.32 Å². The van der Waals surface area contributed by atoms with Crippen LogP contribution in [0.4, 0.5) is 10.1 Å². The van der Waals surface area contributed by atoms with Gasteiger partial charge in [0, 0.05) is 12.2 Å². The van der Waals surface area contributed by atoms with Crippen LogP contribution in [-0.4, -0.2) is 17.1 Å². The van der Waals surface area contributed by atoms with E-state index in [-0.39, 0.29) is 6.54 Å². The van der Waals surface area contributed by atoms with Gasteiger partial charge in [0.15, 0.2) is 0 Å². The van der Waals surface area contributed by atoms with E-state index in [0.717, 1.165) is 0 Å². The van der Waals surface area contributed by atoms with Crippen LogP contribution in [0, 0.1) is 5.82 Å². The van der Waals surface area contributed by atoms with Crippen molar-refractivity contribution < 1.29 is 14.3 Å². The fourth-order valence-electron chi connectivity index (χ4n) is 1.39.